The lowest BCUT2D eigenvalue weighted by molar-refractivity contribution is -0.232. The Labute approximate surface area is 286 Å². The highest BCUT2D eigenvalue weighted by molar-refractivity contribution is 5.95. The summed E-state index contributed by atoms with van der Waals surface area (Å²) in [7, 11) is 0. The van der Waals surface area contributed by atoms with Crippen LogP contribution in [0.4, 0.5) is 27.8 Å². The summed E-state index contributed by atoms with van der Waals surface area (Å²) >= 11 is 0. The fourth-order valence-corrected chi connectivity index (χ4v) is 5.78. The van der Waals surface area contributed by atoms with Crippen LogP contribution in [0.3, 0.4) is 0 Å². The third kappa shape index (κ3) is 8.65. The number of hydrogen-bond acceptors (Lipinski definition) is 9. The lowest BCUT2D eigenvalue weighted by Crippen LogP contribution is -2.56. The van der Waals surface area contributed by atoms with E-state index in [0.29, 0.717) is 16.2 Å². The highest BCUT2D eigenvalue weighted by atomic mass is 19.4. The van der Waals surface area contributed by atoms with Crippen LogP contribution in [0.15, 0.2) is 47.4 Å². The van der Waals surface area contributed by atoms with Gasteiger partial charge in [-0.25, -0.2) is 27.9 Å². The molecule has 0 spiro atoms. The number of anilines is 1. The Morgan fingerprint density at radius 3 is 2.32 bits per heavy atom. The minimum Gasteiger partial charge on any atom is -0.343 e. The molecule has 3 N–H and O–H groups in total. The topological polar surface area (TPSA) is 121 Å². The van der Waals surface area contributed by atoms with Crippen LogP contribution in [-0.2, 0) is 9.63 Å². The van der Waals surface area contributed by atoms with E-state index in [2.05, 4.69) is 44.5 Å². The maximum Gasteiger partial charge on any atom is 0.493 e. The van der Waals surface area contributed by atoms with Gasteiger partial charge in [0.25, 0.3) is 5.91 Å². The van der Waals surface area contributed by atoms with Gasteiger partial charge in [-0.3, -0.25) is 15.4 Å². The molecule has 3 aromatic rings. The van der Waals surface area contributed by atoms with E-state index >= 15 is 8.78 Å². The maximum atomic E-state index is 15.1. The molecule has 3 atom stereocenters. The van der Waals surface area contributed by atoms with Crippen molar-refractivity contribution in [2.45, 2.75) is 85.0 Å². The molecule has 1 amide bonds. The molecule has 0 aliphatic carbocycles. The number of carbonyl (C=O) groups excluding carboxylic acids is 2. The monoisotopic (exact) mass is 707 g/mol. The van der Waals surface area contributed by atoms with Gasteiger partial charge >= 0.3 is 17.8 Å². The first-order valence-corrected chi connectivity index (χ1v) is 16.4. The molecule has 16 heteroatoms. The summed E-state index contributed by atoms with van der Waals surface area (Å²) in [5, 5.41) is 10.3. The Bertz CT molecular complexity index is 1730. The Morgan fingerprint density at radius 2 is 1.72 bits per heavy atom. The smallest absolute Gasteiger partial charge is 0.343 e. The Balaban J connectivity index is 1.79. The average Bonchev–Trinajstić information content (AvgIpc) is 3.05. The molecule has 1 aliphatic heterocycles. The number of hydroxylamine groups is 2. The van der Waals surface area contributed by atoms with Gasteiger partial charge in [0.2, 0.25) is 0 Å². The van der Waals surface area contributed by atoms with Gasteiger partial charge in [0.15, 0.2) is 0 Å². The van der Waals surface area contributed by atoms with Gasteiger partial charge in [0.1, 0.15) is 29.4 Å². The molecule has 272 valence electrons. The van der Waals surface area contributed by atoms with E-state index in [-0.39, 0.29) is 23.0 Å². The number of nitrogens with zero attached hydrogens (tertiary/aromatic N) is 4. The van der Waals surface area contributed by atoms with Crippen molar-refractivity contribution < 1.29 is 36.4 Å². The normalized spacial score (nSPS) is 16.6. The molecule has 11 nitrogen and oxygen atoms in total. The van der Waals surface area contributed by atoms with Gasteiger partial charge in [-0.1, -0.05) is 26.0 Å². The zero-order chi connectivity index (χ0) is 36.9. The number of halogens is 5. The predicted molar refractivity (Wildman–Crippen MR) is 176 cm³/mol. The summed E-state index contributed by atoms with van der Waals surface area (Å²) in [6, 6.07) is 5.66. The van der Waals surface area contributed by atoms with Crippen molar-refractivity contribution in [1.29, 1.82) is 0 Å². The number of hydrogen-bond donors (Lipinski definition) is 3. The van der Waals surface area contributed by atoms with Crippen molar-refractivity contribution in [3.63, 3.8) is 0 Å². The van der Waals surface area contributed by atoms with E-state index in [0.717, 1.165) is 49.2 Å². The number of nitrogens with one attached hydrogen (secondary N) is 3. The van der Waals surface area contributed by atoms with Gasteiger partial charge < -0.3 is 15.1 Å². The van der Waals surface area contributed by atoms with Crippen LogP contribution in [0, 0.1) is 18.6 Å². The average molecular weight is 708 g/mol. The number of fused-ring (bicyclic) bond motifs is 1. The number of rotatable bonds is 12. The molecule has 2 aromatic carbocycles. The van der Waals surface area contributed by atoms with E-state index in [1.807, 2.05) is 6.92 Å². The number of alkyl halides is 3. The summed E-state index contributed by atoms with van der Waals surface area (Å²) in [6.45, 7) is 13.4. The van der Waals surface area contributed by atoms with Crippen molar-refractivity contribution in [3.05, 3.63) is 87.0 Å². The number of carbonyl (C=O) groups is 2. The summed E-state index contributed by atoms with van der Waals surface area (Å²) in [6.07, 6.45) is -3.21. The molecular formula is C34H42F5N7O4. The second-order valence-corrected chi connectivity index (χ2v) is 12.3. The third-order valence-corrected chi connectivity index (χ3v) is 8.47. The molecule has 2 heterocycles. The lowest BCUT2D eigenvalue weighted by Gasteiger charge is -2.38. The van der Waals surface area contributed by atoms with Gasteiger partial charge in [0, 0.05) is 23.4 Å². The third-order valence-electron chi connectivity index (χ3n) is 8.47. The molecule has 0 bridgehead atoms. The largest absolute Gasteiger partial charge is 0.493 e. The lowest BCUT2D eigenvalue weighted by atomic mass is 9.92. The summed E-state index contributed by atoms with van der Waals surface area (Å²) in [5.74, 6) is -5.53. The number of benzene rings is 2. The van der Waals surface area contributed by atoms with Gasteiger partial charge in [-0.05, 0) is 95.6 Å². The van der Waals surface area contributed by atoms with E-state index in [4.69, 9.17) is 0 Å². The van der Waals surface area contributed by atoms with Crippen LogP contribution < -0.4 is 21.6 Å². The quantitative estimate of drug-likeness (QED) is 0.173. The molecule has 1 aliphatic rings. The molecular weight excluding hydrogens is 665 g/mol. The molecule has 0 radical (unpaired) electrons. The number of para-hydroxylation sites is 1. The first-order chi connectivity index (χ1) is 23.6. The number of amides is 1. The highest BCUT2D eigenvalue weighted by Crippen LogP contribution is 2.35. The van der Waals surface area contributed by atoms with Gasteiger partial charge in [-0.15, -0.1) is 0 Å². The minimum atomic E-state index is -5.33. The van der Waals surface area contributed by atoms with E-state index in [1.54, 1.807) is 13.0 Å². The molecule has 4 rings (SSSR count). The minimum absolute atomic E-state index is 0.0321. The van der Waals surface area contributed by atoms with E-state index < -0.39 is 59.4 Å². The fraction of sp³-hybridized carbons (Fsp3) is 0.471. The van der Waals surface area contributed by atoms with Crippen LogP contribution in [-0.4, -0.2) is 75.6 Å². The van der Waals surface area contributed by atoms with E-state index in [1.165, 1.54) is 38.2 Å². The van der Waals surface area contributed by atoms with Crippen molar-refractivity contribution in [1.82, 2.24) is 30.1 Å². The first-order valence-electron chi connectivity index (χ1n) is 16.4. The number of aryl methyl sites for hydroxylation is 1. The second kappa shape index (κ2) is 16.1. The molecule has 0 saturated heterocycles. The molecule has 0 saturated carbocycles. The zero-order valence-corrected chi connectivity index (χ0v) is 28.7. The SMILES string of the molecule is CCN(CC)CCCC(C)NC1Nc2c(cnc(=O)n2-c2c(F)cccc2F)C(c2cc(C(=O)N(OC(=O)C(F)(F)F)C(C)C)ccc2C)N1. The molecule has 0 fully saturated rings. The van der Waals surface area contributed by atoms with Crippen LogP contribution in [0.2, 0.25) is 0 Å². The summed E-state index contributed by atoms with van der Waals surface area (Å²) in [5.41, 5.74) is -0.349. The van der Waals surface area contributed by atoms with Crippen LogP contribution in [0.1, 0.15) is 80.6 Å². The summed E-state index contributed by atoms with van der Waals surface area (Å²) < 4.78 is 70.2. The maximum absolute atomic E-state index is 15.1. The fourth-order valence-electron chi connectivity index (χ4n) is 5.78. The predicted octanol–water partition coefficient (Wildman–Crippen LogP) is 5.18. The molecule has 1 aromatic heterocycles. The standard InChI is InChI=1S/C34H42F5N7O4/c1-7-44(8-2)16-10-11-21(6)41-32-42-27(24-18-40-33(49)45(29(24)43-32)28-25(35)12-9-13-26(28)36)23-17-22(15-14-20(23)5)30(47)46(19(3)4)50-31(48)34(37,38)39/h9,12-15,17-19,21,27,32,41-43H,7-8,10-11,16H2,1-6H3. The van der Waals surface area contributed by atoms with Gasteiger partial charge in [-0.2, -0.15) is 18.2 Å². The first kappa shape index (κ1) is 38.4. The Kier molecular flexibility index (Phi) is 12.3. The van der Waals surface area contributed by atoms with Gasteiger partial charge in [0.05, 0.1) is 12.1 Å². The highest BCUT2D eigenvalue weighted by Gasteiger charge is 2.44. The van der Waals surface area contributed by atoms with Crippen molar-refractivity contribution >= 4 is 17.7 Å². The molecule has 3 unspecified atom stereocenters. The zero-order valence-electron chi connectivity index (χ0n) is 28.7. The van der Waals surface area contributed by atoms with E-state index in [9.17, 15) is 27.6 Å². The van der Waals surface area contributed by atoms with Crippen LogP contribution in [0.5, 0.6) is 0 Å². The number of aromatic nitrogens is 2. The summed E-state index contributed by atoms with van der Waals surface area (Å²) in [4.78, 5) is 49.0. The van der Waals surface area contributed by atoms with Crippen molar-refractivity contribution in [2.24, 2.45) is 0 Å². The van der Waals surface area contributed by atoms with Crippen molar-refractivity contribution in [2.75, 3.05) is 25.0 Å². The van der Waals surface area contributed by atoms with Crippen molar-refractivity contribution in [3.8, 4) is 5.69 Å². The van der Waals surface area contributed by atoms with Crippen LogP contribution in [0.25, 0.3) is 5.69 Å². The molecule has 50 heavy (non-hydrogen) atoms. The Hall–Kier alpha value is -4.41. The van der Waals surface area contributed by atoms with Crippen LogP contribution >= 0.6 is 0 Å². The second-order valence-electron chi connectivity index (χ2n) is 12.3. The Morgan fingerprint density at radius 1 is 1.06 bits per heavy atom.